The lowest BCUT2D eigenvalue weighted by molar-refractivity contribution is 0.171. The van der Waals surface area contributed by atoms with Gasteiger partial charge in [-0.3, -0.25) is 0 Å². The van der Waals surface area contributed by atoms with Gasteiger partial charge in [-0.1, -0.05) is 0 Å². The summed E-state index contributed by atoms with van der Waals surface area (Å²) in [5.41, 5.74) is 0.875. The summed E-state index contributed by atoms with van der Waals surface area (Å²) in [7, 11) is 0. The van der Waals surface area contributed by atoms with Crippen molar-refractivity contribution in [2.24, 2.45) is 0 Å². The largest absolute Gasteiger partial charge is 0.486 e. The molecular weight excluding hydrogens is 244 g/mol. The van der Waals surface area contributed by atoms with E-state index >= 15 is 0 Å². The number of aromatic nitrogens is 2. The van der Waals surface area contributed by atoms with Crippen molar-refractivity contribution in [2.75, 3.05) is 13.2 Å². The maximum Gasteiger partial charge on any atom is 0.222 e. The fourth-order valence-corrected chi connectivity index (χ4v) is 1.94. The van der Waals surface area contributed by atoms with Gasteiger partial charge >= 0.3 is 0 Å². The number of hydrogen-bond acceptors (Lipinski definition) is 5. The van der Waals surface area contributed by atoms with Crippen molar-refractivity contribution in [3.63, 3.8) is 0 Å². The third kappa shape index (κ3) is 2.59. The predicted molar refractivity (Wildman–Crippen MR) is 69.0 cm³/mol. The number of aryl methyl sites for hydroxylation is 2. The van der Waals surface area contributed by atoms with Crippen LogP contribution in [0.5, 0.6) is 23.1 Å². The van der Waals surface area contributed by atoms with Crippen LogP contribution in [0.1, 0.15) is 11.5 Å². The average molecular weight is 258 g/mol. The normalized spacial score (nSPS) is 13.2. The van der Waals surface area contributed by atoms with E-state index in [0.29, 0.717) is 36.4 Å². The van der Waals surface area contributed by atoms with E-state index in [4.69, 9.17) is 14.2 Å². The van der Waals surface area contributed by atoms with Crippen LogP contribution >= 0.6 is 0 Å². The van der Waals surface area contributed by atoms with Crippen molar-refractivity contribution < 1.29 is 14.2 Å². The highest BCUT2D eigenvalue weighted by molar-refractivity contribution is 5.47. The Balaban J connectivity index is 1.86. The Hall–Kier alpha value is -2.30. The third-order valence-electron chi connectivity index (χ3n) is 2.68. The first-order chi connectivity index (χ1) is 9.20. The molecule has 3 rings (SSSR count). The summed E-state index contributed by atoms with van der Waals surface area (Å²) in [6, 6.07) is 7.27. The summed E-state index contributed by atoms with van der Waals surface area (Å²) in [5.74, 6) is 3.33. The van der Waals surface area contributed by atoms with Gasteiger partial charge in [0.2, 0.25) is 5.88 Å². The SMILES string of the molecule is Cc1cc(Oc2ccc3c(c2)OCCO3)nc(C)n1. The Bertz CT molecular complexity index is 593. The van der Waals surface area contributed by atoms with Crippen molar-refractivity contribution in [1.29, 1.82) is 0 Å². The second-order valence-corrected chi connectivity index (χ2v) is 4.30. The zero-order valence-electron chi connectivity index (χ0n) is 10.8. The molecule has 1 aliphatic rings. The first-order valence-corrected chi connectivity index (χ1v) is 6.10. The standard InChI is InChI=1S/C14H14N2O3/c1-9-7-14(16-10(2)15-9)19-11-3-4-12-13(8-11)18-6-5-17-12/h3-4,7-8H,5-6H2,1-2H3. The minimum atomic E-state index is 0.529. The van der Waals surface area contributed by atoms with Crippen LogP contribution in [0, 0.1) is 13.8 Å². The van der Waals surface area contributed by atoms with Gasteiger partial charge in [-0.2, -0.15) is 4.98 Å². The van der Waals surface area contributed by atoms with E-state index in [1.54, 1.807) is 12.1 Å². The minimum absolute atomic E-state index is 0.529. The molecular formula is C14H14N2O3. The summed E-state index contributed by atoms with van der Waals surface area (Å²) in [6.45, 7) is 4.88. The van der Waals surface area contributed by atoms with Gasteiger partial charge in [-0.05, 0) is 26.0 Å². The Morgan fingerprint density at radius 2 is 1.79 bits per heavy atom. The molecule has 0 aliphatic carbocycles. The first kappa shape index (κ1) is 11.8. The zero-order chi connectivity index (χ0) is 13.2. The smallest absolute Gasteiger partial charge is 0.222 e. The minimum Gasteiger partial charge on any atom is -0.486 e. The molecule has 1 aliphatic heterocycles. The highest BCUT2D eigenvalue weighted by Gasteiger charge is 2.12. The molecule has 5 nitrogen and oxygen atoms in total. The van der Waals surface area contributed by atoms with E-state index in [9.17, 15) is 0 Å². The Morgan fingerprint density at radius 3 is 2.58 bits per heavy atom. The van der Waals surface area contributed by atoms with Gasteiger partial charge in [0.1, 0.15) is 24.8 Å². The molecule has 0 saturated heterocycles. The second-order valence-electron chi connectivity index (χ2n) is 4.30. The Kier molecular flexibility index (Phi) is 2.95. The van der Waals surface area contributed by atoms with Crippen LogP contribution in [-0.4, -0.2) is 23.2 Å². The molecule has 1 aromatic carbocycles. The average Bonchev–Trinajstić information content (AvgIpc) is 2.37. The highest BCUT2D eigenvalue weighted by atomic mass is 16.6. The summed E-state index contributed by atoms with van der Waals surface area (Å²) in [6.07, 6.45) is 0. The van der Waals surface area contributed by atoms with Gasteiger partial charge in [-0.15, -0.1) is 0 Å². The van der Waals surface area contributed by atoms with Crippen molar-refractivity contribution in [1.82, 2.24) is 9.97 Å². The lowest BCUT2D eigenvalue weighted by Gasteiger charge is -2.18. The number of fused-ring (bicyclic) bond motifs is 1. The van der Waals surface area contributed by atoms with Crippen LogP contribution in [0.25, 0.3) is 0 Å². The van der Waals surface area contributed by atoms with Crippen LogP contribution in [-0.2, 0) is 0 Å². The highest BCUT2D eigenvalue weighted by Crippen LogP contribution is 2.34. The van der Waals surface area contributed by atoms with E-state index < -0.39 is 0 Å². The van der Waals surface area contributed by atoms with E-state index in [1.807, 2.05) is 26.0 Å². The Morgan fingerprint density at radius 1 is 1.00 bits per heavy atom. The van der Waals surface area contributed by atoms with E-state index in [-0.39, 0.29) is 0 Å². The lowest BCUT2D eigenvalue weighted by atomic mass is 10.3. The van der Waals surface area contributed by atoms with Gasteiger partial charge in [0, 0.05) is 17.8 Å². The van der Waals surface area contributed by atoms with E-state index in [2.05, 4.69) is 9.97 Å². The van der Waals surface area contributed by atoms with Crippen molar-refractivity contribution in [3.8, 4) is 23.1 Å². The summed E-state index contributed by atoms with van der Waals surface area (Å²) in [5, 5.41) is 0. The van der Waals surface area contributed by atoms with Gasteiger partial charge in [0.15, 0.2) is 11.5 Å². The molecule has 0 fully saturated rings. The number of hydrogen-bond donors (Lipinski definition) is 0. The van der Waals surface area contributed by atoms with Crippen molar-refractivity contribution >= 4 is 0 Å². The third-order valence-corrected chi connectivity index (χ3v) is 2.68. The maximum atomic E-state index is 5.72. The first-order valence-electron chi connectivity index (χ1n) is 6.10. The van der Waals surface area contributed by atoms with Crippen LogP contribution < -0.4 is 14.2 Å². The van der Waals surface area contributed by atoms with Gasteiger partial charge in [-0.25, -0.2) is 4.98 Å². The molecule has 2 heterocycles. The van der Waals surface area contributed by atoms with Gasteiger partial charge < -0.3 is 14.2 Å². The van der Waals surface area contributed by atoms with Crippen LogP contribution in [0.2, 0.25) is 0 Å². The Labute approximate surface area is 111 Å². The van der Waals surface area contributed by atoms with Crippen LogP contribution in [0.15, 0.2) is 24.3 Å². The molecule has 1 aromatic heterocycles. The maximum absolute atomic E-state index is 5.72. The number of benzene rings is 1. The van der Waals surface area contributed by atoms with Crippen molar-refractivity contribution in [2.45, 2.75) is 13.8 Å². The topological polar surface area (TPSA) is 53.5 Å². The zero-order valence-corrected chi connectivity index (χ0v) is 10.8. The summed E-state index contributed by atoms with van der Waals surface area (Å²) in [4.78, 5) is 8.45. The molecule has 19 heavy (non-hydrogen) atoms. The molecule has 0 atom stereocenters. The molecule has 5 heteroatoms. The van der Waals surface area contributed by atoms with E-state index in [1.165, 1.54) is 0 Å². The van der Waals surface area contributed by atoms with Crippen molar-refractivity contribution in [3.05, 3.63) is 35.8 Å². The van der Waals surface area contributed by atoms with Gasteiger partial charge in [0.25, 0.3) is 0 Å². The fourth-order valence-electron chi connectivity index (χ4n) is 1.94. The quantitative estimate of drug-likeness (QED) is 0.828. The van der Waals surface area contributed by atoms with Gasteiger partial charge in [0.05, 0.1) is 0 Å². The molecule has 0 radical (unpaired) electrons. The molecule has 0 amide bonds. The van der Waals surface area contributed by atoms with Crippen LogP contribution in [0.3, 0.4) is 0 Å². The number of ether oxygens (including phenoxy) is 3. The molecule has 0 spiro atoms. The molecule has 98 valence electrons. The van der Waals surface area contributed by atoms with E-state index in [0.717, 1.165) is 11.4 Å². The monoisotopic (exact) mass is 258 g/mol. The van der Waals surface area contributed by atoms with Crippen LogP contribution in [0.4, 0.5) is 0 Å². The predicted octanol–water partition coefficient (Wildman–Crippen LogP) is 2.66. The fraction of sp³-hybridized carbons (Fsp3) is 0.286. The number of nitrogens with zero attached hydrogens (tertiary/aromatic N) is 2. The molecule has 0 unspecified atom stereocenters. The summed E-state index contributed by atoms with van der Waals surface area (Å²) >= 11 is 0. The molecule has 0 saturated carbocycles. The molecule has 0 bridgehead atoms. The molecule has 0 N–H and O–H groups in total. The lowest BCUT2D eigenvalue weighted by Crippen LogP contribution is -2.15. The summed E-state index contributed by atoms with van der Waals surface area (Å²) < 4.78 is 16.7. The number of rotatable bonds is 2. The molecule has 2 aromatic rings. The second kappa shape index (κ2) is 4.76.